The maximum Gasteiger partial charge on any atom is 0.124 e. The first-order valence-corrected chi connectivity index (χ1v) is 8.92. The normalized spacial score (nSPS) is 10.6. The fourth-order valence-electron chi connectivity index (χ4n) is 2.41. The fraction of sp³-hybridized carbons (Fsp3) is 0.143. The van der Waals surface area contributed by atoms with Crippen molar-refractivity contribution in [2.24, 2.45) is 0 Å². The summed E-state index contributed by atoms with van der Waals surface area (Å²) in [5, 5.41) is 4.45. The third kappa shape index (κ3) is 4.90. The number of benzene rings is 3. The Morgan fingerprint density at radius 3 is 2.38 bits per heavy atom. The minimum absolute atomic E-state index is 0.290. The molecule has 1 N–H and O–H groups in total. The number of hydrogen-bond donors (Lipinski definition) is 1. The van der Waals surface area contributed by atoms with Crippen LogP contribution in [0, 0.1) is 12.7 Å². The van der Waals surface area contributed by atoms with Crippen LogP contribution in [-0.2, 0) is 13.2 Å². The number of aryl methyl sites for hydroxylation is 1. The van der Waals surface area contributed by atoms with Gasteiger partial charge in [0.25, 0.3) is 0 Å². The zero-order valence-electron chi connectivity index (χ0n) is 14.2. The second kappa shape index (κ2) is 8.43. The standard InChI is InChI=1S/C21H18Cl2FNO/c1-14-2-7-18(11-20(14)22)25-12-15-3-8-19(9-4-15)26-13-16-5-6-17(24)10-21(16)23/h2-11,25H,12-13H2,1H3. The van der Waals surface area contributed by atoms with Crippen LogP contribution in [0.3, 0.4) is 0 Å². The minimum atomic E-state index is -0.356. The van der Waals surface area contributed by atoms with Crippen LogP contribution in [0.1, 0.15) is 16.7 Å². The lowest BCUT2D eigenvalue weighted by Crippen LogP contribution is -2.00. The zero-order chi connectivity index (χ0) is 18.5. The molecule has 5 heteroatoms. The van der Waals surface area contributed by atoms with Crippen LogP contribution >= 0.6 is 23.2 Å². The smallest absolute Gasteiger partial charge is 0.124 e. The highest BCUT2D eigenvalue weighted by Crippen LogP contribution is 2.22. The molecule has 3 rings (SSSR count). The van der Waals surface area contributed by atoms with Gasteiger partial charge in [-0.25, -0.2) is 4.39 Å². The first kappa shape index (κ1) is 18.6. The summed E-state index contributed by atoms with van der Waals surface area (Å²) < 4.78 is 18.8. The number of nitrogens with one attached hydrogen (secondary N) is 1. The SMILES string of the molecule is Cc1ccc(NCc2ccc(OCc3ccc(F)cc3Cl)cc2)cc1Cl. The van der Waals surface area contributed by atoms with Crippen LogP contribution in [0.25, 0.3) is 0 Å². The minimum Gasteiger partial charge on any atom is -0.489 e. The summed E-state index contributed by atoms with van der Waals surface area (Å²) in [5.41, 5.74) is 3.90. The molecule has 0 aliphatic rings. The molecule has 134 valence electrons. The topological polar surface area (TPSA) is 21.3 Å². The van der Waals surface area contributed by atoms with Crippen molar-refractivity contribution >= 4 is 28.9 Å². The Labute approximate surface area is 162 Å². The Kier molecular flexibility index (Phi) is 6.02. The van der Waals surface area contributed by atoms with Crippen LogP contribution in [0.2, 0.25) is 10.0 Å². The highest BCUT2D eigenvalue weighted by molar-refractivity contribution is 6.31. The maximum absolute atomic E-state index is 13.1. The second-order valence-corrected chi connectivity index (χ2v) is 6.80. The molecule has 0 amide bonds. The van der Waals surface area contributed by atoms with Gasteiger partial charge in [-0.3, -0.25) is 0 Å². The van der Waals surface area contributed by atoms with E-state index >= 15 is 0 Å². The first-order chi connectivity index (χ1) is 12.5. The molecule has 2 nitrogen and oxygen atoms in total. The Hall–Kier alpha value is -2.23. The van der Waals surface area contributed by atoms with Gasteiger partial charge in [-0.1, -0.05) is 47.5 Å². The molecule has 0 saturated carbocycles. The van der Waals surface area contributed by atoms with E-state index < -0.39 is 0 Å². The van der Waals surface area contributed by atoms with E-state index in [1.807, 2.05) is 49.4 Å². The lowest BCUT2D eigenvalue weighted by molar-refractivity contribution is 0.306. The van der Waals surface area contributed by atoms with E-state index in [4.69, 9.17) is 27.9 Å². The summed E-state index contributed by atoms with van der Waals surface area (Å²) in [7, 11) is 0. The van der Waals surface area contributed by atoms with Crippen molar-refractivity contribution < 1.29 is 9.13 Å². The molecule has 0 radical (unpaired) electrons. The Balaban J connectivity index is 1.55. The van der Waals surface area contributed by atoms with Crippen molar-refractivity contribution in [2.75, 3.05) is 5.32 Å². The third-order valence-electron chi connectivity index (χ3n) is 4.00. The van der Waals surface area contributed by atoms with E-state index in [0.717, 1.165) is 33.1 Å². The lowest BCUT2D eigenvalue weighted by atomic mass is 10.2. The van der Waals surface area contributed by atoms with Gasteiger partial charge < -0.3 is 10.1 Å². The summed E-state index contributed by atoms with van der Waals surface area (Å²) >= 11 is 12.1. The predicted octanol–water partition coefficient (Wildman–Crippen LogP) is 6.63. The zero-order valence-corrected chi connectivity index (χ0v) is 15.7. The van der Waals surface area contributed by atoms with Crippen molar-refractivity contribution in [3.63, 3.8) is 0 Å². The summed E-state index contributed by atoms with van der Waals surface area (Å²) in [6.45, 7) is 2.95. The number of ether oxygens (including phenoxy) is 1. The van der Waals surface area contributed by atoms with Gasteiger partial charge in [0, 0.05) is 22.8 Å². The summed E-state index contributed by atoms with van der Waals surface area (Å²) in [4.78, 5) is 0. The van der Waals surface area contributed by atoms with Gasteiger partial charge in [-0.2, -0.15) is 0 Å². The van der Waals surface area contributed by atoms with Gasteiger partial charge in [-0.05, 0) is 54.4 Å². The van der Waals surface area contributed by atoms with E-state index in [1.54, 1.807) is 6.07 Å². The van der Waals surface area contributed by atoms with E-state index in [0.29, 0.717) is 18.2 Å². The Morgan fingerprint density at radius 2 is 1.69 bits per heavy atom. The molecule has 0 fully saturated rings. The first-order valence-electron chi connectivity index (χ1n) is 8.17. The van der Waals surface area contributed by atoms with Crippen LogP contribution in [0.4, 0.5) is 10.1 Å². The van der Waals surface area contributed by atoms with Gasteiger partial charge in [0.05, 0.1) is 5.02 Å². The molecule has 0 bridgehead atoms. The molecular weight excluding hydrogens is 372 g/mol. The number of rotatable bonds is 6. The lowest BCUT2D eigenvalue weighted by Gasteiger charge is -2.10. The molecule has 0 atom stereocenters. The average molecular weight is 390 g/mol. The molecule has 26 heavy (non-hydrogen) atoms. The van der Waals surface area contributed by atoms with Crippen molar-refractivity contribution in [3.05, 3.63) is 93.2 Å². The highest BCUT2D eigenvalue weighted by Gasteiger charge is 2.04. The molecule has 0 aromatic heterocycles. The van der Waals surface area contributed by atoms with Crippen molar-refractivity contribution in [1.82, 2.24) is 0 Å². The molecular formula is C21H18Cl2FNO. The van der Waals surface area contributed by atoms with Crippen molar-refractivity contribution in [1.29, 1.82) is 0 Å². The molecule has 0 saturated heterocycles. The number of anilines is 1. The largest absolute Gasteiger partial charge is 0.489 e. The summed E-state index contributed by atoms with van der Waals surface area (Å²) in [6, 6.07) is 18.0. The predicted molar refractivity (Wildman–Crippen MR) is 106 cm³/mol. The quantitative estimate of drug-likeness (QED) is 0.510. The molecule has 0 spiro atoms. The Bertz CT molecular complexity index is 897. The highest BCUT2D eigenvalue weighted by atomic mass is 35.5. The van der Waals surface area contributed by atoms with E-state index in [9.17, 15) is 4.39 Å². The molecule has 0 heterocycles. The van der Waals surface area contributed by atoms with Gasteiger partial charge in [0.1, 0.15) is 18.2 Å². The molecule has 3 aromatic carbocycles. The van der Waals surface area contributed by atoms with Gasteiger partial charge >= 0.3 is 0 Å². The van der Waals surface area contributed by atoms with Crippen LogP contribution in [0.15, 0.2) is 60.7 Å². The van der Waals surface area contributed by atoms with Gasteiger partial charge in [0.15, 0.2) is 0 Å². The number of halogens is 3. The van der Waals surface area contributed by atoms with Crippen molar-refractivity contribution in [2.45, 2.75) is 20.1 Å². The van der Waals surface area contributed by atoms with Crippen LogP contribution < -0.4 is 10.1 Å². The van der Waals surface area contributed by atoms with Gasteiger partial charge in [0.2, 0.25) is 0 Å². The summed E-state index contributed by atoms with van der Waals surface area (Å²) in [6.07, 6.45) is 0. The second-order valence-electron chi connectivity index (χ2n) is 5.99. The molecule has 0 aliphatic heterocycles. The maximum atomic E-state index is 13.1. The molecule has 0 aliphatic carbocycles. The van der Waals surface area contributed by atoms with Gasteiger partial charge in [-0.15, -0.1) is 0 Å². The third-order valence-corrected chi connectivity index (χ3v) is 4.76. The monoisotopic (exact) mass is 389 g/mol. The van der Waals surface area contributed by atoms with Crippen LogP contribution in [0.5, 0.6) is 5.75 Å². The fourth-order valence-corrected chi connectivity index (χ4v) is 2.81. The average Bonchev–Trinajstić information content (AvgIpc) is 2.63. The molecule has 0 unspecified atom stereocenters. The van der Waals surface area contributed by atoms with Crippen LogP contribution in [-0.4, -0.2) is 0 Å². The molecule has 3 aromatic rings. The van der Waals surface area contributed by atoms with Crippen molar-refractivity contribution in [3.8, 4) is 5.75 Å². The van der Waals surface area contributed by atoms with E-state index in [1.165, 1.54) is 12.1 Å². The van der Waals surface area contributed by atoms with E-state index in [2.05, 4.69) is 5.32 Å². The number of hydrogen-bond acceptors (Lipinski definition) is 2. The summed E-state index contributed by atoms with van der Waals surface area (Å²) in [5.74, 6) is 0.373. The van der Waals surface area contributed by atoms with E-state index in [-0.39, 0.29) is 5.82 Å². The Morgan fingerprint density at radius 1 is 0.923 bits per heavy atom.